The summed E-state index contributed by atoms with van der Waals surface area (Å²) >= 11 is 3.44. The zero-order valence-corrected chi connectivity index (χ0v) is 18.8. The second-order valence-electron chi connectivity index (χ2n) is 7.77. The summed E-state index contributed by atoms with van der Waals surface area (Å²) in [6.07, 6.45) is 4.80. The Balaban J connectivity index is 1.21. The van der Waals surface area contributed by atoms with E-state index in [-0.39, 0.29) is 24.2 Å². The molecule has 0 N–H and O–H groups in total. The SMILES string of the molecule is O=C(C1CC(=O)N(c2cccc(Br)c2)C1)N1CCN(c2cc(-n3cncn3)ncn2)CC1. The lowest BCUT2D eigenvalue weighted by atomic mass is 10.1. The molecule has 4 heterocycles. The lowest BCUT2D eigenvalue weighted by Gasteiger charge is -2.36. The molecule has 1 unspecified atom stereocenters. The van der Waals surface area contributed by atoms with Gasteiger partial charge in [-0.25, -0.2) is 19.6 Å². The van der Waals surface area contributed by atoms with E-state index in [0.29, 0.717) is 38.5 Å². The molecule has 0 aliphatic carbocycles. The van der Waals surface area contributed by atoms with Gasteiger partial charge in [-0.05, 0) is 18.2 Å². The summed E-state index contributed by atoms with van der Waals surface area (Å²) < 4.78 is 2.49. The maximum Gasteiger partial charge on any atom is 0.228 e. The van der Waals surface area contributed by atoms with Crippen LogP contribution >= 0.6 is 15.9 Å². The Morgan fingerprint density at radius 3 is 2.59 bits per heavy atom. The van der Waals surface area contributed by atoms with E-state index < -0.39 is 0 Å². The molecule has 0 saturated carbocycles. The number of piperazine rings is 1. The highest BCUT2D eigenvalue weighted by Gasteiger charge is 2.38. The zero-order chi connectivity index (χ0) is 22.1. The van der Waals surface area contributed by atoms with E-state index in [1.165, 1.54) is 12.7 Å². The van der Waals surface area contributed by atoms with Gasteiger partial charge in [-0.3, -0.25) is 9.59 Å². The standard InChI is InChI=1S/C21H21BrN8O2/c22-16-2-1-3-17(9-16)29-11-15(8-20(29)31)21(32)28-6-4-27(5-7-28)18-10-19(25-13-24-18)30-14-23-12-26-30/h1-3,9-10,12-15H,4-8,11H2. The molecule has 164 valence electrons. The Hall–Kier alpha value is -3.34. The highest BCUT2D eigenvalue weighted by Crippen LogP contribution is 2.28. The predicted molar refractivity (Wildman–Crippen MR) is 120 cm³/mol. The Labute approximate surface area is 193 Å². The average molecular weight is 497 g/mol. The van der Waals surface area contributed by atoms with E-state index in [1.54, 1.807) is 15.9 Å². The molecule has 5 rings (SSSR count). The summed E-state index contributed by atoms with van der Waals surface area (Å²) in [5.41, 5.74) is 0.816. The molecule has 1 aromatic carbocycles. The molecule has 0 spiro atoms. The fourth-order valence-electron chi connectivity index (χ4n) is 4.14. The van der Waals surface area contributed by atoms with Crippen molar-refractivity contribution in [2.45, 2.75) is 6.42 Å². The number of carbonyl (C=O) groups excluding carboxylic acids is 2. The molecule has 2 aliphatic rings. The van der Waals surface area contributed by atoms with Gasteiger partial charge < -0.3 is 14.7 Å². The first-order valence-electron chi connectivity index (χ1n) is 10.4. The van der Waals surface area contributed by atoms with E-state index in [0.717, 1.165) is 16.0 Å². The summed E-state index contributed by atoms with van der Waals surface area (Å²) in [5, 5.41) is 4.10. The van der Waals surface area contributed by atoms with Crippen molar-refractivity contribution in [1.29, 1.82) is 0 Å². The molecule has 2 aliphatic heterocycles. The zero-order valence-electron chi connectivity index (χ0n) is 17.2. The smallest absolute Gasteiger partial charge is 0.228 e. The van der Waals surface area contributed by atoms with Crippen molar-refractivity contribution in [2.24, 2.45) is 5.92 Å². The summed E-state index contributed by atoms with van der Waals surface area (Å²) in [5.74, 6) is 1.15. The lowest BCUT2D eigenvalue weighted by Crippen LogP contribution is -2.51. The van der Waals surface area contributed by atoms with Crippen LogP contribution in [0.2, 0.25) is 0 Å². The second kappa shape index (κ2) is 8.65. The third-order valence-corrected chi connectivity index (χ3v) is 6.29. The number of nitrogens with zero attached hydrogens (tertiary/aromatic N) is 8. The largest absolute Gasteiger partial charge is 0.353 e. The van der Waals surface area contributed by atoms with Crippen LogP contribution in [0.25, 0.3) is 5.82 Å². The number of anilines is 2. The summed E-state index contributed by atoms with van der Waals surface area (Å²) in [6.45, 7) is 2.92. The second-order valence-corrected chi connectivity index (χ2v) is 8.69. The predicted octanol–water partition coefficient (Wildman–Crippen LogP) is 1.52. The maximum atomic E-state index is 13.1. The quantitative estimate of drug-likeness (QED) is 0.539. The Morgan fingerprint density at radius 1 is 1.03 bits per heavy atom. The number of hydrogen-bond acceptors (Lipinski definition) is 7. The van der Waals surface area contributed by atoms with Gasteiger partial charge in [0.1, 0.15) is 24.8 Å². The van der Waals surface area contributed by atoms with Crippen LogP contribution in [0.3, 0.4) is 0 Å². The minimum absolute atomic E-state index is 0.0123. The van der Waals surface area contributed by atoms with E-state index in [4.69, 9.17) is 0 Å². The molecule has 32 heavy (non-hydrogen) atoms. The number of aromatic nitrogens is 5. The first-order chi connectivity index (χ1) is 15.6. The number of rotatable bonds is 4. The summed E-state index contributed by atoms with van der Waals surface area (Å²) in [6, 6.07) is 9.46. The monoisotopic (exact) mass is 496 g/mol. The van der Waals surface area contributed by atoms with Crippen molar-refractivity contribution in [2.75, 3.05) is 42.5 Å². The van der Waals surface area contributed by atoms with Crippen LogP contribution in [0.4, 0.5) is 11.5 Å². The number of amides is 2. The van der Waals surface area contributed by atoms with Gasteiger partial charge in [-0.1, -0.05) is 22.0 Å². The molecule has 1 atom stereocenters. The molecule has 10 nitrogen and oxygen atoms in total. The molecule has 0 bridgehead atoms. The molecule has 3 aromatic rings. The molecule has 2 saturated heterocycles. The minimum Gasteiger partial charge on any atom is -0.353 e. The molecular weight excluding hydrogens is 476 g/mol. The van der Waals surface area contributed by atoms with Gasteiger partial charge in [0.15, 0.2) is 5.82 Å². The molecule has 2 aromatic heterocycles. The lowest BCUT2D eigenvalue weighted by molar-refractivity contribution is -0.136. The molecular formula is C21H21BrN8O2. The number of halogens is 1. The van der Waals surface area contributed by atoms with Crippen LogP contribution in [0.5, 0.6) is 0 Å². The van der Waals surface area contributed by atoms with Gasteiger partial charge in [-0.15, -0.1) is 0 Å². The fourth-order valence-corrected chi connectivity index (χ4v) is 4.53. The average Bonchev–Trinajstić information content (AvgIpc) is 3.49. The van der Waals surface area contributed by atoms with Gasteiger partial charge >= 0.3 is 0 Å². The highest BCUT2D eigenvalue weighted by molar-refractivity contribution is 9.10. The third kappa shape index (κ3) is 4.07. The van der Waals surface area contributed by atoms with Gasteiger partial charge in [0.25, 0.3) is 0 Å². The van der Waals surface area contributed by atoms with Crippen molar-refractivity contribution in [3.63, 3.8) is 0 Å². The number of benzene rings is 1. The Bertz CT molecular complexity index is 1130. The minimum atomic E-state index is -0.314. The molecule has 11 heteroatoms. The van der Waals surface area contributed by atoms with Crippen molar-refractivity contribution in [3.8, 4) is 5.82 Å². The Kier molecular flexibility index (Phi) is 5.56. The first-order valence-corrected chi connectivity index (χ1v) is 11.1. The van der Waals surface area contributed by atoms with Gasteiger partial charge in [0.2, 0.25) is 11.8 Å². The van der Waals surface area contributed by atoms with Gasteiger partial charge in [0, 0.05) is 55.4 Å². The van der Waals surface area contributed by atoms with Gasteiger partial charge in [0.05, 0.1) is 5.92 Å². The van der Waals surface area contributed by atoms with E-state index in [2.05, 4.69) is 40.9 Å². The van der Waals surface area contributed by atoms with Gasteiger partial charge in [-0.2, -0.15) is 5.10 Å². The highest BCUT2D eigenvalue weighted by atomic mass is 79.9. The van der Waals surface area contributed by atoms with Crippen LogP contribution in [0.15, 0.2) is 53.8 Å². The van der Waals surface area contributed by atoms with E-state index >= 15 is 0 Å². The van der Waals surface area contributed by atoms with Crippen molar-refractivity contribution >= 4 is 39.2 Å². The molecule has 2 fully saturated rings. The topological polar surface area (TPSA) is 100 Å². The Morgan fingerprint density at radius 2 is 1.84 bits per heavy atom. The van der Waals surface area contributed by atoms with E-state index in [1.807, 2.05) is 35.2 Å². The maximum absolute atomic E-state index is 13.1. The van der Waals surface area contributed by atoms with E-state index in [9.17, 15) is 9.59 Å². The van der Waals surface area contributed by atoms with Crippen LogP contribution < -0.4 is 9.80 Å². The number of carbonyl (C=O) groups is 2. The van der Waals surface area contributed by atoms with Crippen LogP contribution in [-0.4, -0.2) is 74.2 Å². The third-order valence-electron chi connectivity index (χ3n) is 5.80. The summed E-state index contributed by atoms with van der Waals surface area (Å²) in [4.78, 5) is 43.9. The van der Waals surface area contributed by atoms with Crippen LogP contribution in [-0.2, 0) is 9.59 Å². The van der Waals surface area contributed by atoms with Crippen molar-refractivity contribution in [1.82, 2.24) is 29.6 Å². The normalized spacial score (nSPS) is 19.0. The fraction of sp³-hybridized carbons (Fsp3) is 0.333. The van der Waals surface area contributed by atoms with Crippen LogP contribution in [0.1, 0.15) is 6.42 Å². The van der Waals surface area contributed by atoms with Crippen molar-refractivity contribution in [3.05, 3.63) is 53.8 Å². The molecule has 2 amide bonds. The first kappa shape index (κ1) is 20.6. The van der Waals surface area contributed by atoms with Crippen LogP contribution in [0, 0.1) is 5.92 Å². The summed E-state index contributed by atoms with van der Waals surface area (Å²) in [7, 11) is 0. The van der Waals surface area contributed by atoms with Crippen molar-refractivity contribution < 1.29 is 9.59 Å². The number of hydrogen-bond donors (Lipinski definition) is 0. The molecule has 0 radical (unpaired) electrons.